The summed E-state index contributed by atoms with van der Waals surface area (Å²) in [5, 5.41) is 10.2. The first-order chi connectivity index (χ1) is 4.70. The van der Waals surface area contributed by atoms with E-state index < -0.39 is 5.97 Å². The second-order valence-corrected chi connectivity index (χ2v) is 2.17. The van der Waals surface area contributed by atoms with Crippen LogP contribution >= 0.6 is 0 Å². The minimum atomic E-state index is -1.11. The Hall–Kier alpha value is -1.31. The van der Waals surface area contributed by atoms with Gasteiger partial charge in [-0.25, -0.2) is 0 Å². The summed E-state index contributed by atoms with van der Waals surface area (Å²) >= 11 is 0. The topological polar surface area (TPSA) is 40.1 Å². The van der Waals surface area contributed by atoms with Gasteiger partial charge in [-0.05, 0) is 12.0 Å². The molecule has 0 N–H and O–H groups in total. The van der Waals surface area contributed by atoms with Gasteiger partial charge in [0, 0.05) is 0 Å². The van der Waals surface area contributed by atoms with E-state index in [0.717, 1.165) is 5.57 Å². The molecule has 0 atom stereocenters. The normalized spacial score (nSPS) is 16.8. The van der Waals surface area contributed by atoms with Crippen molar-refractivity contribution in [2.24, 2.45) is 0 Å². The molecule has 0 aromatic rings. The average Bonchev–Trinajstić information content (AvgIpc) is 1.88. The fourth-order valence-corrected chi connectivity index (χ4v) is 0.803. The highest BCUT2D eigenvalue weighted by Crippen LogP contribution is 2.14. The van der Waals surface area contributed by atoms with Gasteiger partial charge >= 0.3 is 0 Å². The van der Waals surface area contributed by atoms with E-state index in [9.17, 15) is 9.90 Å². The van der Waals surface area contributed by atoms with Crippen LogP contribution in [0.1, 0.15) is 6.42 Å². The fourth-order valence-electron chi connectivity index (χ4n) is 0.803. The molecular formula is C8H7O2-. The predicted octanol–water partition coefficient (Wildman–Crippen LogP) is 0.179. The molecule has 0 saturated carbocycles. The van der Waals surface area contributed by atoms with E-state index >= 15 is 0 Å². The molecule has 0 radical (unpaired) electrons. The van der Waals surface area contributed by atoms with Crippen molar-refractivity contribution in [1.29, 1.82) is 0 Å². The lowest BCUT2D eigenvalue weighted by atomic mass is 10.0. The predicted molar refractivity (Wildman–Crippen MR) is 36.0 cm³/mol. The van der Waals surface area contributed by atoms with Crippen LogP contribution in [0.5, 0.6) is 0 Å². The Morgan fingerprint density at radius 2 is 2.40 bits per heavy atom. The van der Waals surface area contributed by atoms with Gasteiger partial charge in [0.05, 0.1) is 5.97 Å². The number of hydrogen-bond donors (Lipinski definition) is 0. The third kappa shape index (κ3) is 1.35. The van der Waals surface area contributed by atoms with E-state index in [4.69, 9.17) is 0 Å². The molecule has 0 unspecified atom stereocenters. The first-order valence-electron chi connectivity index (χ1n) is 2.96. The highest BCUT2D eigenvalue weighted by atomic mass is 16.4. The van der Waals surface area contributed by atoms with Crippen molar-refractivity contribution in [3.8, 4) is 0 Å². The van der Waals surface area contributed by atoms with Crippen LogP contribution in [0.4, 0.5) is 0 Å². The van der Waals surface area contributed by atoms with Crippen LogP contribution in [0.15, 0.2) is 36.0 Å². The number of rotatable bonds is 1. The minimum absolute atomic E-state index is 0.299. The molecule has 2 heteroatoms. The maximum absolute atomic E-state index is 10.2. The Morgan fingerprint density at radius 3 is 2.80 bits per heavy atom. The summed E-state index contributed by atoms with van der Waals surface area (Å²) in [7, 11) is 0. The SMILES string of the molecule is C=C1C=CC=C(C(=O)[O-])C1. The van der Waals surface area contributed by atoms with Gasteiger partial charge in [-0.2, -0.15) is 0 Å². The zero-order valence-corrected chi connectivity index (χ0v) is 5.46. The Balaban J connectivity index is 2.80. The Morgan fingerprint density at radius 1 is 1.70 bits per heavy atom. The molecule has 1 rings (SSSR count). The number of carbonyl (C=O) groups is 1. The van der Waals surface area contributed by atoms with Gasteiger partial charge in [0.25, 0.3) is 0 Å². The van der Waals surface area contributed by atoms with E-state index in [1.54, 1.807) is 12.2 Å². The third-order valence-corrected chi connectivity index (χ3v) is 1.31. The molecule has 0 spiro atoms. The van der Waals surface area contributed by atoms with Crippen molar-refractivity contribution in [1.82, 2.24) is 0 Å². The zero-order valence-electron chi connectivity index (χ0n) is 5.46. The number of hydrogen-bond acceptors (Lipinski definition) is 2. The Kier molecular flexibility index (Phi) is 1.71. The summed E-state index contributed by atoms with van der Waals surface area (Å²) in [6, 6.07) is 0. The van der Waals surface area contributed by atoms with Crippen molar-refractivity contribution in [2.75, 3.05) is 0 Å². The minimum Gasteiger partial charge on any atom is -0.545 e. The van der Waals surface area contributed by atoms with Gasteiger partial charge in [0.15, 0.2) is 0 Å². The smallest absolute Gasteiger partial charge is 0.0678 e. The van der Waals surface area contributed by atoms with Gasteiger partial charge < -0.3 is 9.90 Å². The Bertz CT molecular complexity index is 234. The molecule has 2 nitrogen and oxygen atoms in total. The standard InChI is InChI=1S/C8H8O2/c1-6-3-2-4-7(5-6)8(9)10/h2-4H,1,5H2,(H,9,10)/p-1. The number of carboxylic acid groups (broad SMARTS) is 1. The molecule has 0 bridgehead atoms. The highest BCUT2D eigenvalue weighted by molar-refractivity contribution is 5.86. The van der Waals surface area contributed by atoms with Gasteiger partial charge in [0.1, 0.15) is 0 Å². The van der Waals surface area contributed by atoms with Crippen molar-refractivity contribution in [3.05, 3.63) is 36.0 Å². The molecule has 52 valence electrons. The monoisotopic (exact) mass is 135 g/mol. The molecule has 0 aromatic carbocycles. The lowest BCUT2D eigenvalue weighted by molar-refractivity contribution is -0.299. The van der Waals surface area contributed by atoms with Crippen molar-refractivity contribution >= 4 is 5.97 Å². The largest absolute Gasteiger partial charge is 0.545 e. The zero-order chi connectivity index (χ0) is 7.56. The molecule has 10 heavy (non-hydrogen) atoms. The van der Waals surface area contributed by atoms with Crippen LogP contribution < -0.4 is 5.11 Å². The maximum Gasteiger partial charge on any atom is 0.0678 e. The van der Waals surface area contributed by atoms with E-state index in [-0.39, 0.29) is 0 Å². The number of allylic oxidation sites excluding steroid dienone is 4. The summed E-state index contributed by atoms with van der Waals surface area (Å²) in [4.78, 5) is 10.2. The van der Waals surface area contributed by atoms with E-state index in [0.29, 0.717) is 12.0 Å². The highest BCUT2D eigenvalue weighted by Gasteiger charge is 2.01. The summed E-state index contributed by atoms with van der Waals surface area (Å²) in [6.07, 6.45) is 5.38. The summed E-state index contributed by atoms with van der Waals surface area (Å²) in [5.41, 5.74) is 1.11. The molecule has 1 aliphatic carbocycles. The van der Waals surface area contributed by atoms with Crippen LogP contribution in [0.3, 0.4) is 0 Å². The molecule has 0 fully saturated rings. The van der Waals surface area contributed by atoms with E-state index in [1.165, 1.54) is 6.08 Å². The quantitative estimate of drug-likeness (QED) is 0.514. The average molecular weight is 135 g/mol. The maximum atomic E-state index is 10.2. The molecule has 0 aliphatic heterocycles. The molecule has 0 amide bonds. The van der Waals surface area contributed by atoms with Crippen LogP contribution in [0, 0.1) is 0 Å². The second-order valence-electron chi connectivity index (χ2n) is 2.17. The second kappa shape index (κ2) is 2.52. The number of carbonyl (C=O) groups excluding carboxylic acids is 1. The van der Waals surface area contributed by atoms with Crippen molar-refractivity contribution in [2.45, 2.75) is 6.42 Å². The number of carboxylic acids is 1. The van der Waals surface area contributed by atoms with Gasteiger partial charge in [0.2, 0.25) is 0 Å². The molecule has 0 heterocycles. The molecular weight excluding hydrogens is 128 g/mol. The Labute approximate surface area is 59.2 Å². The van der Waals surface area contributed by atoms with Crippen molar-refractivity contribution < 1.29 is 9.90 Å². The first kappa shape index (κ1) is 6.81. The molecule has 0 aromatic heterocycles. The summed E-state index contributed by atoms with van der Waals surface area (Å²) < 4.78 is 0. The lowest BCUT2D eigenvalue weighted by Crippen LogP contribution is -2.24. The first-order valence-corrected chi connectivity index (χ1v) is 2.96. The van der Waals surface area contributed by atoms with Crippen molar-refractivity contribution in [3.63, 3.8) is 0 Å². The van der Waals surface area contributed by atoms with Gasteiger partial charge in [-0.1, -0.05) is 30.4 Å². The van der Waals surface area contributed by atoms with Crippen LogP contribution in [0.25, 0.3) is 0 Å². The lowest BCUT2D eigenvalue weighted by Gasteiger charge is -2.10. The van der Waals surface area contributed by atoms with E-state index in [1.807, 2.05) is 0 Å². The van der Waals surface area contributed by atoms with Gasteiger partial charge in [-0.15, -0.1) is 0 Å². The third-order valence-electron chi connectivity index (χ3n) is 1.31. The summed E-state index contributed by atoms with van der Waals surface area (Å²) in [5.74, 6) is -1.11. The molecule has 1 aliphatic rings. The van der Waals surface area contributed by atoms with Crippen LogP contribution in [-0.2, 0) is 4.79 Å². The number of aliphatic carboxylic acids is 1. The van der Waals surface area contributed by atoms with Crippen LogP contribution in [0.2, 0.25) is 0 Å². The summed E-state index contributed by atoms with van der Waals surface area (Å²) in [6.45, 7) is 3.63. The van der Waals surface area contributed by atoms with Gasteiger partial charge in [-0.3, -0.25) is 0 Å². The van der Waals surface area contributed by atoms with Crippen LogP contribution in [-0.4, -0.2) is 5.97 Å². The molecule has 0 saturated heterocycles. The van der Waals surface area contributed by atoms with E-state index in [2.05, 4.69) is 6.58 Å². The fraction of sp³-hybridized carbons (Fsp3) is 0.125.